The Balaban J connectivity index is 1.81. The predicted octanol–water partition coefficient (Wildman–Crippen LogP) is 3.73. The van der Waals surface area contributed by atoms with Gasteiger partial charge in [-0.15, -0.1) is 0 Å². The van der Waals surface area contributed by atoms with E-state index in [0.29, 0.717) is 29.8 Å². The Morgan fingerprint density at radius 3 is 2.74 bits per heavy atom. The topological polar surface area (TPSA) is 84.0 Å². The Morgan fingerprint density at radius 2 is 2.00 bits per heavy atom. The molecule has 0 saturated carbocycles. The van der Waals surface area contributed by atoms with Gasteiger partial charge in [0.25, 0.3) is 0 Å². The Morgan fingerprint density at radius 1 is 1.19 bits per heavy atom. The van der Waals surface area contributed by atoms with E-state index in [2.05, 4.69) is 23.3 Å². The predicted molar refractivity (Wildman–Crippen MR) is 109 cm³/mol. The molecule has 3 N–H and O–H groups in total. The van der Waals surface area contributed by atoms with Crippen molar-refractivity contribution >= 4 is 16.7 Å². The average molecular weight is 360 g/mol. The van der Waals surface area contributed by atoms with Crippen molar-refractivity contribution in [2.24, 2.45) is 0 Å². The van der Waals surface area contributed by atoms with Crippen LogP contribution in [-0.2, 0) is 13.0 Å². The van der Waals surface area contributed by atoms with Gasteiger partial charge in [0.2, 0.25) is 0 Å². The molecule has 2 aromatic carbocycles. The number of fused-ring (bicyclic) bond motifs is 1. The highest BCUT2D eigenvalue weighted by Gasteiger charge is 2.07. The molecule has 5 nitrogen and oxygen atoms in total. The summed E-state index contributed by atoms with van der Waals surface area (Å²) in [6.45, 7) is 4.54. The third-order valence-corrected chi connectivity index (χ3v) is 4.64. The summed E-state index contributed by atoms with van der Waals surface area (Å²) in [6, 6.07) is 16.2. The monoisotopic (exact) mass is 360 g/mol. The summed E-state index contributed by atoms with van der Waals surface area (Å²) >= 11 is 0. The van der Waals surface area contributed by atoms with E-state index in [9.17, 15) is 5.26 Å². The van der Waals surface area contributed by atoms with Gasteiger partial charge in [-0.25, -0.2) is 4.98 Å². The van der Waals surface area contributed by atoms with E-state index in [1.807, 2.05) is 50.4 Å². The van der Waals surface area contributed by atoms with Gasteiger partial charge in [0.1, 0.15) is 18.2 Å². The number of aromatic nitrogens is 1. The first-order valence-corrected chi connectivity index (χ1v) is 8.98. The van der Waals surface area contributed by atoms with Crippen LogP contribution in [0, 0.1) is 18.3 Å². The van der Waals surface area contributed by atoms with Crippen LogP contribution in [0.25, 0.3) is 10.9 Å². The van der Waals surface area contributed by atoms with Crippen LogP contribution in [0.3, 0.4) is 0 Å². The highest BCUT2D eigenvalue weighted by molar-refractivity contribution is 5.84. The molecule has 0 aliphatic carbocycles. The van der Waals surface area contributed by atoms with E-state index in [1.54, 1.807) is 6.07 Å². The Bertz CT molecular complexity index is 1010. The maximum Gasteiger partial charge on any atom is 0.124 e. The van der Waals surface area contributed by atoms with Gasteiger partial charge in [-0.1, -0.05) is 12.1 Å². The summed E-state index contributed by atoms with van der Waals surface area (Å²) in [5.74, 6) is 1.22. The molecule has 0 aliphatic heterocycles. The molecule has 27 heavy (non-hydrogen) atoms. The molecule has 5 heteroatoms. The highest BCUT2D eigenvalue weighted by atomic mass is 16.5. The number of nitriles is 1. The van der Waals surface area contributed by atoms with E-state index in [1.165, 1.54) is 0 Å². The maximum atomic E-state index is 9.29. The molecule has 3 aromatic rings. The highest BCUT2D eigenvalue weighted by Crippen LogP contribution is 2.23. The van der Waals surface area contributed by atoms with E-state index in [0.717, 1.165) is 34.0 Å². The molecule has 0 saturated heterocycles. The molecule has 0 spiro atoms. The molecular weight excluding hydrogens is 336 g/mol. The fourth-order valence-corrected chi connectivity index (χ4v) is 3.11. The van der Waals surface area contributed by atoms with Crippen molar-refractivity contribution in [1.82, 2.24) is 10.3 Å². The molecule has 3 rings (SSSR count). The first-order valence-electron chi connectivity index (χ1n) is 8.98. The van der Waals surface area contributed by atoms with Crippen LogP contribution in [0.4, 0.5) is 5.82 Å². The van der Waals surface area contributed by atoms with Crippen molar-refractivity contribution in [3.63, 3.8) is 0 Å². The summed E-state index contributed by atoms with van der Waals surface area (Å²) in [7, 11) is 1.93. The van der Waals surface area contributed by atoms with Gasteiger partial charge < -0.3 is 15.8 Å². The Hall–Kier alpha value is -3.10. The number of hydrogen-bond donors (Lipinski definition) is 2. The molecule has 138 valence electrons. The van der Waals surface area contributed by atoms with Crippen molar-refractivity contribution in [3.05, 3.63) is 64.7 Å². The first-order chi connectivity index (χ1) is 13.0. The molecule has 0 bridgehead atoms. The van der Waals surface area contributed by atoms with Crippen LogP contribution >= 0.6 is 0 Å². The Labute approximate surface area is 159 Å². The number of anilines is 1. The third-order valence-electron chi connectivity index (χ3n) is 4.64. The lowest BCUT2D eigenvalue weighted by atomic mass is 10.0. The van der Waals surface area contributed by atoms with Gasteiger partial charge in [0.05, 0.1) is 17.1 Å². The molecule has 1 heterocycles. The zero-order valence-corrected chi connectivity index (χ0v) is 15.9. The lowest BCUT2D eigenvalue weighted by Gasteiger charge is -2.13. The smallest absolute Gasteiger partial charge is 0.124 e. The van der Waals surface area contributed by atoms with Crippen molar-refractivity contribution < 1.29 is 4.74 Å². The van der Waals surface area contributed by atoms with Crippen molar-refractivity contribution in [2.75, 3.05) is 12.8 Å². The molecule has 1 aromatic heterocycles. The van der Waals surface area contributed by atoms with Crippen LogP contribution in [0.2, 0.25) is 0 Å². The summed E-state index contributed by atoms with van der Waals surface area (Å²) in [4.78, 5) is 4.41. The molecular formula is C22H24N4O. The molecule has 0 radical (unpaired) electrons. The molecule has 0 fully saturated rings. The van der Waals surface area contributed by atoms with Gasteiger partial charge in [-0.3, -0.25) is 0 Å². The van der Waals surface area contributed by atoms with Gasteiger partial charge in [-0.05, 0) is 74.3 Å². The second-order valence-electron chi connectivity index (χ2n) is 6.88. The van der Waals surface area contributed by atoms with Crippen molar-refractivity contribution in [2.45, 2.75) is 32.9 Å². The summed E-state index contributed by atoms with van der Waals surface area (Å²) in [5.41, 5.74) is 10.5. The number of nitrogen functional groups attached to an aromatic ring is 1. The molecule has 0 amide bonds. The fourth-order valence-electron chi connectivity index (χ4n) is 3.11. The number of ether oxygens (including phenoxy) is 1. The minimum absolute atomic E-state index is 0.326. The lowest BCUT2D eigenvalue weighted by molar-refractivity contribution is 0.306. The Kier molecular flexibility index (Phi) is 5.58. The average Bonchev–Trinajstić information content (AvgIpc) is 2.65. The summed E-state index contributed by atoms with van der Waals surface area (Å²) in [5, 5.41) is 13.6. The van der Waals surface area contributed by atoms with Crippen molar-refractivity contribution in [1.29, 1.82) is 5.26 Å². The van der Waals surface area contributed by atoms with Gasteiger partial charge in [0, 0.05) is 11.4 Å². The van der Waals surface area contributed by atoms with Gasteiger partial charge in [0.15, 0.2) is 0 Å². The standard InChI is InChI=1S/C22H24N4O/c1-14-6-22(24)26-21-11-16(4-5-20(14)21)13-27-19-9-17(7-15(2)25-3)8-18(10-19)12-23/h4-6,8-11,15,25H,7,13H2,1-3H3,(H2,24,26)/t15-/m0/s1. The van der Waals surface area contributed by atoms with Crippen LogP contribution in [0.15, 0.2) is 42.5 Å². The number of rotatable bonds is 6. The van der Waals surface area contributed by atoms with Gasteiger partial charge >= 0.3 is 0 Å². The van der Waals surface area contributed by atoms with Crippen molar-refractivity contribution in [3.8, 4) is 11.8 Å². The fraction of sp³-hybridized carbons (Fsp3) is 0.273. The number of pyridine rings is 1. The number of hydrogen-bond acceptors (Lipinski definition) is 5. The minimum atomic E-state index is 0.326. The van der Waals surface area contributed by atoms with Crippen LogP contribution in [0.1, 0.15) is 29.2 Å². The molecule has 1 atom stereocenters. The zero-order valence-electron chi connectivity index (χ0n) is 15.9. The SMILES string of the molecule is CN[C@@H](C)Cc1cc(C#N)cc(OCc2ccc3c(C)cc(N)nc3c2)c1. The second-order valence-corrected chi connectivity index (χ2v) is 6.88. The lowest BCUT2D eigenvalue weighted by Crippen LogP contribution is -2.23. The molecule has 0 aliphatic rings. The summed E-state index contributed by atoms with van der Waals surface area (Å²) < 4.78 is 5.97. The number of aryl methyl sites for hydroxylation is 1. The van der Waals surface area contributed by atoms with Gasteiger partial charge in [-0.2, -0.15) is 5.26 Å². The third kappa shape index (κ3) is 4.55. The number of nitrogens with one attached hydrogen (secondary N) is 1. The zero-order chi connectivity index (χ0) is 19.4. The number of likely N-dealkylation sites (N-methyl/N-ethyl adjacent to an activating group) is 1. The van der Waals surface area contributed by atoms with Crippen LogP contribution in [-0.4, -0.2) is 18.1 Å². The number of nitrogens with two attached hydrogens (primary N) is 1. The maximum absolute atomic E-state index is 9.29. The minimum Gasteiger partial charge on any atom is -0.489 e. The normalized spacial score (nSPS) is 11.9. The van der Waals surface area contributed by atoms with E-state index < -0.39 is 0 Å². The van der Waals surface area contributed by atoms with Crippen LogP contribution < -0.4 is 15.8 Å². The van der Waals surface area contributed by atoms with E-state index in [4.69, 9.17) is 10.5 Å². The quantitative estimate of drug-likeness (QED) is 0.700. The largest absolute Gasteiger partial charge is 0.489 e. The molecule has 0 unspecified atom stereocenters. The van der Waals surface area contributed by atoms with E-state index >= 15 is 0 Å². The summed E-state index contributed by atoms with van der Waals surface area (Å²) in [6.07, 6.45) is 0.834. The van der Waals surface area contributed by atoms with E-state index in [-0.39, 0.29) is 0 Å². The number of nitrogens with zero attached hydrogens (tertiary/aromatic N) is 2. The first kappa shape index (κ1) is 18.7. The number of benzene rings is 2. The second kappa shape index (κ2) is 8.07. The van der Waals surface area contributed by atoms with Crippen LogP contribution in [0.5, 0.6) is 5.75 Å².